The number of thiocarbonyl (C=S) groups is 1. The highest BCUT2D eigenvalue weighted by Gasteiger charge is 2.07. The zero-order chi connectivity index (χ0) is 13.5. The van der Waals surface area contributed by atoms with Gasteiger partial charge in [-0.25, -0.2) is 9.97 Å². The number of thioether (sulfide) groups is 1. The Morgan fingerprint density at radius 3 is 2.89 bits per heavy atom. The Morgan fingerprint density at radius 2 is 2.28 bits per heavy atom. The molecule has 0 bridgehead atoms. The first-order valence-corrected chi connectivity index (χ1v) is 7.59. The number of aromatic nitrogens is 2. The second kappa shape index (κ2) is 7.53. The summed E-state index contributed by atoms with van der Waals surface area (Å²) >= 11 is 6.87. The van der Waals surface area contributed by atoms with Gasteiger partial charge in [-0.05, 0) is 37.8 Å². The number of nitrogens with one attached hydrogen (secondary N) is 1. The van der Waals surface area contributed by atoms with Crippen molar-refractivity contribution in [3.05, 3.63) is 17.5 Å². The molecule has 3 N–H and O–H groups in total. The zero-order valence-electron chi connectivity index (χ0n) is 11.1. The lowest BCUT2D eigenvalue weighted by Gasteiger charge is -2.14. The Hall–Kier alpha value is -0.880. The number of nitrogens with two attached hydrogens (primary N) is 1. The van der Waals surface area contributed by atoms with E-state index in [1.807, 2.05) is 18.7 Å². The van der Waals surface area contributed by atoms with Gasteiger partial charge in [0.2, 0.25) is 5.95 Å². The normalized spacial score (nSPS) is 12.2. The van der Waals surface area contributed by atoms with Crippen molar-refractivity contribution in [1.29, 1.82) is 0 Å². The molecule has 1 atom stereocenters. The van der Waals surface area contributed by atoms with E-state index in [1.54, 1.807) is 6.07 Å². The van der Waals surface area contributed by atoms with E-state index < -0.39 is 0 Å². The fraction of sp³-hybridized carbons (Fsp3) is 0.583. The summed E-state index contributed by atoms with van der Waals surface area (Å²) in [5.74, 6) is 2.89. The van der Waals surface area contributed by atoms with E-state index in [1.165, 1.54) is 0 Å². The molecule has 1 rings (SSSR count). The predicted molar refractivity (Wildman–Crippen MR) is 83.4 cm³/mol. The van der Waals surface area contributed by atoms with E-state index in [0.29, 0.717) is 22.7 Å². The molecular weight excluding hydrogens is 264 g/mol. The minimum atomic E-state index is 0.303. The molecule has 0 aromatic carbocycles. The highest BCUT2D eigenvalue weighted by molar-refractivity contribution is 7.99. The summed E-state index contributed by atoms with van der Waals surface area (Å²) in [5, 5.41) is 3.29. The zero-order valence-corrected chi connectivity index (χ0v) is 12.7. The number of aryl methyl sites for hydroxylation is 1. The minimum Gasteiger partial charge on any atom is -0.388 e. The summed E-state index contributed by atoms with van der Waals surface area (Å²) in [5.41, 5.74) is 7.08. The molecule has 0 saturated heterocycles. The van der Waals surface area contributed by atoms with Crippen molar-refractivity contribution in [3.63, 3.8) is 0 Å². The second-order valence-electron chi connectivity index (χ2n) is 4.11. The summed E-state index contributed by atoms with van der Waals surface area (Å²) in [6, 6.07) is 2.13. The average Bonchev–Trinajstić information content (AvgIpc) is 2.28. The molecule has 0 aliphatic carbocycles. The summed E-state index contributed by atoms with van der Waals surface area (Å²) in [7, 11) is 0. The average molecular weight is 284 g/mol. The molecular formula is C12H20N4S2. The molecule has 0 radical (unpaired) electrons. The lowest BCUT2D eigenvalue weighted by atomic mass is 10.2. The van der Waals surface area contributed by atoms with Gasteiger partial charge in [-0.15, -0.1) is 0 Å². The van der Waals surface area contributed by atoms with Crippen LogP contribution in [0.15, 0.2) is 6.07 Å². The van der Waals surface area contributed by atoms with Gasteiger partial charge in [0.25, 0.3) is 0 Å². The van der Waals surface area contributed by atoms with Crippen molar-refractivity contribution in [1.82, 2.24) is 9.97 Å². The third-order valence-electron chi connectivity index (χ3n) is 2.38. The molecule has 0 aliphatic rings. The van der Waals surface area contributed by atoms with Crippen LogP contribution in [0.1, 0.15) is 31.7 Å². The quantitative estimate of drug-likeness (QED) is 0.592. The van der Waals surface area contributed by atoms with E-state index in [9.17, 15) is 0 Å². The first kappa shape index (κ1) is 15.2. The van der Waals surface area contributed by atoms with Crippen molar-refractivity contribution in [3.8, 4) is 0 Å². The van der Waals surface area contributed by atoms with Gasteiger partial charge in [-0.2, -0.15) is 11.8 Å². The van der Waals surface area contributed by atoms with Crippen molar-refractivity contribution < 1.29 is 0 Å². The fourth-order valence-electron chi connectivity index (χ4n) is 1.46. The molecule has 0 saturated carbocycles. The SMILES string of the molecule is CCSCCC(C)Nc1nc(C)cc(C(N)=S)n1. The number of hydrogen-bond donors (Lipinski definition) is 2. The van der Waals surface area contributed by atoms with Crippen molar-refractivity contribution >= 4 is 34.9 Å². The Balaban J connectivity index is 2.63. The maximum Gasteiger partial charge on any atom is 0.223 e. The van der Waals surface area contributed by atoms with E-state index in [4.69, 9.17) is 18.0 Å². The van der Waals surface area contributed by atoms with Crippen molar-refractivity contribution in [2.75, 3.05) is 16.8 Å². The van der Waals surface area contributed by atoms with Crippen LogP contribution in [0.3, 0.4) is 0 Å². The highest BCUT2D eigenvalue weighted by Crippen LogP contribution is 2.10. The Bertz CT molecular complexity index is 409. The predicted octanol–water partition coefficient (Wildman–Crippen LogP) is 2.36. The van der Waals surface area contributed by atoms with Gasteiger partial charge < -0.3 is 11.1 Å². The van der Waals surface area contributed by atoms with Gasteiger partial charge in [0, 0.05) is 11.7 Å². The van der Waals surface area contributed by atoms with Crippen LogP contribution in [-0.2, 0) is 0 Å². The van der Waals surface area contributed by atoms with Crippen LogP contribution in [0.5, 0.6) is 0 Å². The van der Waals surface area contributed by atoms with Crippen LogP contribution in [0, 0.1) is 6.92 Å². The largest absolute Gasteiger partial charge is 0.388 e. The maximum absolute atomic E-state index is 5.59. The van der Waals surface area contributed by atoms with Gasteiger partial charge >= 0.3 is 0 Å². The molecule has 6 heteroatoms. The summed E-state index contributed by atoms with van der Waals surface area (Å²) < 4.78 is 0. The molecule has 0 spiro atoms. The first-order valence-electron chi connectivity index (χ1n) is 6.02. The monoisotopic (exact) mass is 284 g/mol. The smallest absolute Gasteiger partial charge is 0.223 e. The lowest BCUT2D eigenvalue weighted by Crippen LogP contribution is -2.20. The molecule has 0 amide bonds. The molecule has 4 nitrogen and oxygen atoms in total. The number of anilines is 1. The minimum absolute atomic E-state index is 0.303. The molecule has 18 heavy (non-hydrogen) atoms. The van der Waals surface area contributed by atoms with Crippen LogP contribution in [0.4, 0.5) is 5.95 Å². The van der Waals surface area contributed by atoms with Crippen LogP contribution < -0.4 is 11.1 Å². The number of hydrogen-bond acceptors (Lipinski definition) is 5. The molecule has 100 valence electrons. The Kier molecular flexibility index (Phi) is 6.35. The lowest BCUT2D eigenvalue weighted by molar-refractivity contribution is 0.758. The first-order chi connectivity index (χ1) is 8.52. The van der Waals surface area contributed by atoms with Gasteiger partial charge in [-0.3, -0.25) is 0 Å². The maximum atomic E-state index is 5.59. The van der Waals surface area contributed by atoms with Gasteiger partial charge in [-0.1, -0.05) is 19.1 Å². The van der Waals surface area contributed by atoms with E-state index in [0.717, 1.165) is 23.6 Å². The third kappa shape index (κ3) is 5.18. The van der Waals surface area contributed by atoms with E-state index >= 15 is 0 Å². The van der Waals surface area contributed by atoms with Crippen LogP contribution in [0.25, 0.3) is 0 Å². The summed E-state index contributed by atoms with van der Waals surface area (Å²) in [4.78, 5) is 8.95. The standard InChI is InChI=1S/C12H20N4S2/c1-4-18-6-5-8(2)14-12-15-9(3)7-10(16-12)11(13)17/h7-8H,4-6H2,1-3H3,(H2,13,17)(H,14,15,16). The third-order valence-corrected chi connectivity index (χ3v) is 3.52. The van der Waals surface area contributed by atoms with Gasteiger partial charge in [0.05, 0.1) is 0 Å². The molecule has 0 fully saturated rings. The summed E-state index contributed by atoms with van der Waals surface area (Å²) in [6.07, 6.45) is 1.08. The molecule has 0 aliphatic heterocycles. The van der Waals surface area contributed by atoms with E-state index in [2.05, 4.69) is 29.1 Å². The van der Waals surface area contributed by atoms with Crippen LogP contribution in [0.2, 0.25) is 0 Å². The second-order valence-corrected chi connectivity index (χ2v) is 5.95. The van der Waals surface area contributed by atoms with Crippen LogP contribution >= 0.6 is 24.0 Å². The fourth-order valence-corrected chi connectivity index (χ4v) is 2.37. The van der Waals surface area contributed by atoms with Crippen molar-refractivity contribution in [2.24, 2.45) is 5.73 Å². The summed E-state index contributed by atoms with van der Waals surface area (Å²) in [6.45, 7) is 6.20. The van der Waals surface area contributed by atoms with E-state index in [-0.39, 0.29) is 0 Å². The number of rotatable bonds is 7. The molecule has 1 aromatic heterocycles. The Morgan fingerprint density at radius 1 is 1.56 bits per heavy atom. The number of nitrogens with zero attached hydrogens (tertiary/aromatic N) is 2. The molecule has 1 heterocycles. The topological polar surface area (TPSA) is 63.8 Å². The van der Waals surface area contributed by atoms with Crippen molar-refractivity contribution in [2.45, 2.75) is 33.2 Å². The Labute approximate surface area is 118 Å². The highest BCUT2D eigenvalue weighted by atomic mass is 32.2. The van der Waals surface area contributed by atoms with Crippen LogP contribution in [-0.4, -0.2) is 32.5 Å². The molecule has 1 unspecified atom stereocenters. The van der Waals surface area contributed by atoms with Gasteiger partial charge in [0.1, 0.15) is 10.7 Å². The molecule has 1 aromatic rings. The van der Waals surface area contributed by atoms with Gasteiger partial charge in [0.15, 0.2) is 0 Å².